The van der Waals surface area contributed by atoms with Crippen molar-refractivity contribution in [3.8, 4) is 6.07 Å². The molecule has 0 aliphatic heterocycles. The molecule has 1 aromatic rings. The fraction of sp³-hybridized carbons (Fsp3) is 0.500. The lowest BCUT2D eigenvalue weighted by molar-refractivity contribution is 0.460. The monoisotopic (exact) mass is 258 g/mol. The Balaban J connectivity index is 2.81. The summed E-state index contributed by atoms with van der Waals surface area (Å²) < 4.78 is 25.1. The molecule has 88 valence electrons. The van der Waals surface area contributed by atoms with E-state index in [0.717, 1.165) is 5.56 Å². The highest BCUT2D eigenvalue weighted by Crippen LogP contribution is 2.15. The molecule has 0 aromatic carbocycles. The molecule has 0 saturated heterocycles. The maximum atomic E-state index is 11.9. The van der Waals surface area contributed by atoms with Crippen LogP contribution < -0.4 is 0 Å². The second kappa shape index (κ2) is 5.43. The number of rotatable bonds is 5. The molecule has 4 nitrogen and oxygen atoms in total. The van der Waals surface area contributed by atoms with Gasteiger partial charge in [-0.3, -0.25) is 0 Å². The second-order valence-corrected chi connectivity index (χ2v) is 6.46. The Kier molecular flexibility index (Phi) is 4.47. The zero-order valence-corrected chi connectivity index (χ0v) is 10.9. The van der Waals surface area contributed by atoms with Crippen molar-refractivity contribution in [3.05, 3.63) is 22.4 Å². The Morgan fingerprint density at radius 2 is 2.31 bits per heavy atom. The molecule has 1 unspecified atom stereocenters. The maximum Gasteiger partial charge on any atom is 0.230 e. The van der Waals surface area contributed by atoms with Gasteiger partial charge in [-0.25, -0.2) is 8.42 Å². The summed E-state index contributed by atoms with van der Waals surface area (Å²) in [5, 5.41) is 11.6. The van der Waals surface area contributed by atoms with E-state index in [2.05, 4.69) is 0 Å². The van der Waals surface area contributed by atoms with E-state index in [-0.39, 0.29) is 0 Å². The van der Waals surface area contributed by atoms with Crippen LogP contribution >= 0.6 is 11.3 Å². The van der Waals surface area contributed by atoms with Crippen LogP contribution in [0.25, 0.3) is 0 Å². The van der Waals surface area contributed by atoms with Crippen LogP contribution in [0.5, 0.6) is 0 Å². The maximum absolute atomic E-state index is 11.9. The van der Waals surface area contributed by atoms with Crippen LogP contribution in [0.15, 0.2) is 16.8 Å². The molecule has 1 rings (SSSR count). The number of sulfonamides is 1. The Labute approximate surface area is 100 Å². The standard InChI is InChI=1S/C10H14N2O2S2/c1-3-10(6-11)16(13,14)12(2)7-9-4-5-15-8-9/h4-5,8,10H,3,7H2,1-2H3. The van der Waals surface area contributed by atoms with Gasteiger partial charge in [0.05, 0.1) is 6.07 Å². The Morgan fingerprint density at radius 1 is 1.62 bits per heavy atom. The van der Waals surface area contributed by atoms with Crippen molar-refractivity contribution < 1.29 is 8.42 Å². The molecule has 16 heavy (non-hydrogen) atoms. The summed E-state index contributed by atoms with van der Waals surface area (Å²) in [6.07, 6.45) is 0.312. The zero-order chi connectivity index (χ0) is 12.2. The third-order valence-electron chi connectivity index (χ3n) is 2.29. The van der Waals surface area contributed by atoms with Crippen LogP contribution in [0.2, 0.25) is 0 Å². The van der Waals surface area contributed by atoms with Crippen molar-refractivity contribution in [3.63, 3.8) is 0 Å². The first-order valence-corrected chi connectivity index (χ1v) is 7.32. The summed E-state index contributed by atoms with van der Waals surface area (Å²) in [5.41, 5.74) is 0.948. The van der Waals surface area contributed by atoms with Gasteiger partial charge in [0.15, 0.2) is 5.25 Å². The Morgan fingerprint density at radius 3 is 2.75 bits per heavy atom. The molecule has 6 heteroatoms. The molecule has 0 radical (unpaired) electrons. The minimum absolute atomic E-state index is 0.312. The van der Waals surface area contributed by atoms with Crippen LogP contribution in [0.1, 0.15) is 18.9 Å². The van der Waals surface area contributed by atoms with Crippen LogP contribution in [0.3, 0.4) is 0 Å². The number of thiophene rings is 1. The Hall–Kier alpha value is -0.900. The molecule has 0 bridgehead atoms. The van der Waals surface area contributed by atoms with Gasteiger partial charge in [0.1, 0.15) is 0 Å². The first-order valence-electron chi connectivity index (χ1n) is 4.88. The predicted octanol–water partition coefficient (Wildman–Crippen LogP) is 1.81. The van der Waals surface area contributed by atoms with Gasteiger partial charge < -0.3 is 0 Å². The van der Waals surface area contributed by atoms with E-state index in [0.29, 0.717) is 13.0 Å². The van der Waals surface area contributed by atoms with E-state index in [1.165, 1.54) is 22.7 Å². The van der Waals surface area contributed by atoms with Crippen molar-refractivity contribution in [1.82, 2.24) is 4.31 Å². The van der Waals surface area contributed by atoms with E-state index in [4.69, 9.17) is 5.26 Å². The van der Waals surface area contributed by atoms with Crippen LogP contribution in [-0.2, 0) is 16.6 Å². The Bertz CT molecular complexity index is 460. The summed E-state index contributed by atoms with van der Waals surface area (Å²) in [7, 11) is -1.99. The average molecular weight is 258 g/mol. The lowest BCUT2D eigenvalue weighted by Gasteiger charge is -2.19. The molecular weight excluding hydrogens is 244 g/mol. The van der Waals surface area contributed by atoms with Gasteiger partial charge >= 0.3 is 0 Å². The van der Waals surface area contributed by atoms with Crippen LogP contribution in [0.4, 0.5) is 0 Å². The van der Waals surface area contributed by atoms with E-state index >= 15 is 0 Å². The van der Waals surface area contributed by atoms with E-state index < -0.39 is 15.3 Å². The topological polar surface area (TPSA) is 61.2 Å². The summed E-state index contributed by atoms with van der Waals surface area (Å²) in [5.74, 6) is 0. The van der Waals surface area contributed by atoms with Crippen molar-refractivity contribution >= 4 is 21.4 Å². The molecule has 1 heterocycles. The fourth-order valence-corrected chi connectivity index (χ4v) is 3.29. The summed E-state index contributed by atoms with van der Waals surface area (Å²) >= 11 is 1.53. The van der Waals surface area contributed by atoms with Gasteiger partial charge in [-0.05, 0) is 28.8 Å². The molecule has 0 N–H and O–H groups in total. The van der Waals surface area contributed by atoms with E-state index in [1.54, 1.807) is 6.92 Å². The molecule has 0 saturated carbocycles. The third kappa shape index (κ3) is 2.82. The summed E-state index contributed by atoms with van der Waals surface area (Å²) in [6, 6.07) is 3.70. The van der Waals surface area contributed by atoms with Crippen molar-refractivity contribution in [2.75, 3.05) is 7.05 Å². The zero-order valence-electron chi connectivity index (χ0n) is 9.25. The lowest BCUT2D eigenvalue weighted by atomic mass is 10.3. The smallest absolute Gasteiger partial charge is 0.211 e. The molecule has 0 aliphatic rings. The van der Waals surface area contributed by atoms with Crippen LogP contribution in [-0.4, -0.2) is 25.0 Å². The minimum Gasteiger partial charge on any atom is -0.211 e. The van der Waals surface area contributed by atoms with Gasteiger partial charge in [0.25, 0.3) is 0 Å². The van der Waals surface area contributed by atoms with Crippen molar-refractivity contribution in [2.24, 2.45) is 0 Å². The summed E-state index contributed by atoms with van der Waals surface area (Å²) in [6.45, 7) is 2.02. The SMILES string of the molecule is CCC(C#N)S(=O)(=O)N(C)Cc1ccsc1. The first-order chi connectivity index (χ1) is 7.52. The van der Waals surface area contributed by atoms with Gasteiger partial charge in [-0.1, -0.05) is 6.92 Å². The molecule has 0 amide bonds. The third-order valence-corrected chi connectivity index (χ3v) is 5.18. The van der Waals surface area contributed by atoms with Gasteiger partial charge in [0.2, 0.25) is 10.0 Å². The number of nitriles is 1. The highest BCUT2D eigenvalue weighted by atomic mass is 32.2. The first kappa shape index (κ1) is 13.2. The number of hydrogen-bond acceptors (Lipinski definition) is 4. The average Bonchev–Trinajstić information content (AvgIpc) is 2.71. The highest BCUT2D eigenvalue weighted by molar-refractivity contribution is 7.89. The quantitative estimate of drug-likeness (QED) is 0.809. The van der Waals surface area contributed by atoms with E-state index in [1.807, 2.05) is 22.9 Å². The van der Waals surface area contributed by atoms with Crippen LogP contribution in [0, 0.1) is 11.3 Å². The largest absolute Gasteiger partial charge is 0.230 e. The fourth-order valence-electron chi connectivity index (χ4n) is 1.32. The normalized spacial score (nSPS) is 13.6. The predicted molar refractivity (Wildman–Crippen MR) is 64.4 cm³/mol. The minimum atomic E-state index is -3.50. The number of hydrogen-bond donors (Lipinski definition) is 0. The second-order valence-electron chi connectivity index (χ2n) is 3.46. The molecule has 1 atom stereocenters. The molecule has 0 fully saturated rings. The molecule has 0 spiro atoms. The van der Waals surface area contributed by atoms with Crippen molar-refractivity contribution in [1.29, 1.82) is 5.26 Å². The molecule has 0 aliphatic carbocycles. The van der Waals surface area contributed by atoms with E-state index in [9.17, 15) is 8.42 Å². The molecule has 1 aromatic heterocycles. The van der Waals surface area contributed by atoms with Gasteiger partial charge in [-0.2, -0.15) is 20.9 Å². The van der Waals surface area contributed by atoms with Gasteiger partial charge in [0, 0.05) is 13.6 Å². The van der Waals surface area contributed by atoms with Crippen molar-refractivity contribution in [2.45, 2.75) is 25.1 Å². The molecular formula is C10H14N2O2S2. The van der Waals surface area contributed by atoms with Gasteiger partial charge in [-0.15, -0.1) is 0 Å². The lowest BCUT2D eigenvalue weighted by Crippen LogP contribution is -2.34. The summed E-state index contributed by atoms with van der Waals surface area (Å²) in [4.78, 5) is 0. The highest BCUT2D eigenvalue weighted by Gasteiger charge is 2.28. The number of nitrogens with zero attached hydrogens (tertiary/aromatic N) is 2.